The number of guanidine groups is 1. The average Bonchev–Trinajstić information content (AvgIpc) is 3.05. The van der Waals surface area contributed by atoms with Crippen LogP contribution in [0.1, 0.15) is 18.0 Å². The third-order valence-corrected chi connectivity index (χ3v) is 4.82. The molecule has 0 saturated carbocycles. The molecule has 2 unspecified atom stereocenters. The Labute approximate surface area is 164 Å². The largest absolute Gasteiger partial charge is 0.496 e. The molecule has 158 valence electrons. The topological polar surface area (TPSA) is 52.1 Å². The van der Waals surface area contributed by atoms with Gasteiger partial charge in [-0.25, -0.2) is 0 Å². The second kappa shape index (κ2) is 9.97. The smallest absolute Gasteiger partial charge is 0.401 e. The van der Waals surface area contributed by atoms with E-state index in [1.165, 1.54) is 4.90 Å². The van der Waals surface area contributed by atoms with Crippen LogP contribution in [0.2, 0.25) is 0 Å². The summed E-state index contributed by atoms with van der Waals surface area (Å²) >= 11 is 0. The molecule has 1 aliphatic heterocycles. The van der Waals surface area contributed by atoms with Crippen molar-refractivity contribution in [3.8, 4) is 5.75 Å². The Hall–Kier alpha value is -2.00. The molecular weight excluding hydrogens is 371 g/mol. The number of nitrogens with zero attached hydrogens (tertiary/aromatic N) is 3. The zero-order chi connectivity index (χ0) is 20.7. The predicted octanol–water partition coefficient (Wildman–Crippen LogP) is 2.10. The van der Waals surface area contributed by atoms with Gasteiger partial charge in [-0.1, -0.05) is 18.2 Å². The van der Waals surface area contributed by atoms with Gasteiger partial charge >= 0.3 is 6.18 Å². The number of aliphatic imine (C=N–C) groups is 1. The molecule has 1 aliphatic rings. The summed E-state index contributed by atoms with van der Waals surface area (Å²) in [5.41, 5.74) is 1.05. The van der Waals surface area contributed by atoms with E-state index in [-0.39, 0.29) is 12.1 Å². The van der Waals surface area contributed by atoms with E-state index < -0.39 is 12.7 Å². The molecule has 2 atom stereocenters. The van der Waals surface area contributed by atoms with Gasteiger partial charge in [0.05, 0.1) is 19.7 Å². The summed E-state index contributed by atoms with van der Waals surface area (Å²) in [4.78, 5) is 7.72. The molecule has 1 fully saturated rings. The van der Waals surface area contributed by atoms with Crippen molar-refractivity contribution in [2.45, 2.75) is 24.7 Å². The van der Waals surface area contributed by atoms with E-state index in [1.807, 2.05) is 38.4 Å². The summed E-state index contributed by atoms with van der Waals surface area (Å²) in [7, 11) is 7.28. The maximum absolute atomic E-state index is 12.6. The van der Waals surface area contributed by atoms with Gasteiger partial charge in [0.15, 0.2) is 5.96 Å². The third kappa shape index (κ3) is 6.56. The molecular formula is C19H30F3N5O. The Morgan fingerprint density at radius 2 is 2.07 bits per heavy atom. The Bertz CT molecular complexity index is 651. The van der Waals surface area contributed by atoms with Crippen LogP contribution in [0.15, 0.2) is 29.3 Å². The Kier molecular flexibility index (Phi) is 7.94. The fourth-order valence-electron chi connectivity index (χ4n) is 3.44. The number of halogens is 3. The molecule has 1 aromatic carbocycles. The molecule has 0 bridgehead atoms. The normalized spacial score (nSPS) is 19.7. The molecule has 1 heterocycles. The quantitative estimate of drug-likeness (QED) is 0.541. The first kappa shape index (κ1) is 22.3. The molecule has 28 heavy (non-hydrogen) atoms. The highest BCUT2D eigenvalue weighted by molar-refractivity contribution is 5.80. The fourth-order valence-corrected chi connectivity index (χ4v) is 3.44. The zero-order valence-corrected chi connectivity index (χ0v) is 16.9. The van der Waals surface area contributed by atoms with Crippen molar-refractivity contribution in [1.82, 2.24) is 20.4 Å². The molecule has 1 aromatic rings. The summed E-state index contributed by atoms with van der Waals surface area (Å²) in [5.74, 6) is 1.39. The van der Waals surface area contributed by atoms with Crippen molar-refractivity contribution in [3.05, 3.63) is 29.8 Å². The highest BCUT2D eigenvalue weighted by atomic mass is 19.4. The molecule has 0 aromatic heterocycles. The van der Waals surface area contributed by atoms with E-state index >= 15 is 0 Å². The van der Waals surface area contributed by atoms with Crippen LogP contribution in [0, 0.1) is 0 Å². The van der Waals surface area contributed by atoms with Crippen LogP contribution in [0.3, 0.4) is 0 Å². The van der Waals surface area contributed by atoms with Gasteiger partial charge in [0.25, 0.3) is 0 Å². The van der Waals surface area contributed by atoms with Gasteiger partial charge in [0.1, 0.15) is 5.75 Å². The first-order valence-electron chi connectivity index (χ1n) is 9.29. The van der Waals surface area contributed by atoms with Crippen LogP contribution >= 0.6 is 0 Å². The van der Waals surface area contributed by atoms with E-state index in [1.54, 1.807) is 14.2 Å². The molecule has 2 rings (SSSR count). The maximum atomic E-state index is 12.6. The first-order valence-corrected chi connectivity index (χ1v) is 9.29. The Morgan fingerprint density at radius 3 is 2.68 bits per heavy atom. The third-order valence-electron chi connectivity index (χ3n) is 4.82. The number of likely N-dealkylation sites (N-methyl/N-ethyl adjacent to an activating group) is 1. The standard InChI is InChI=1S/C19H30F3N5O/c1-23-18(25-14-9-10-27(12-14)13-19(20,21)22)24-11-16(26(2)3)15-7-5-6-8-17(15)28-4/h5-8,14,16H,9-13H2,1-4H3,(H2,23,24,25). The minimum Gasteiger partial charge on any atom is -0.496 e. The van der Waals surface area contributed by atoms with Crippen molar-refractivity contribution in [2.24, 2.45) is 4.99 Å². The van der Waals surface area contributed by atoms with Gasteiger partial charge in [0, 0.05) is 38.3 Å². The number of para-hydroxylation sites is 1. The van der Waals surface area contributed by atoms with Gasteiger partial charge in [-0.05, 0) is 26.6 Å². The van der Waals surface area contributed by atoms with Crippen molar-refractivity contribution in [1.29, 1.82) is 0 Å². The Balaban J connectivity index is 1.93. The van der Waals surface area contributed by atoms with Gasteiger partial charge in [-0.15, -0.1) is 0 Å². The highest BCUT2D eigenvalue weighted by Crippen LogP contribution is 2.27. The van der Waals surface area contributed by atoms with Crippen molar-refractivity contribution < 1.29 is 17.9 Å². The van der Waals surface area contributed by atoms with Crippen LogP contribution in [-0.2, 0) is 0 Å². The van der Waals surface area contributed by atoms with E-state index in [4.69, 9.17) is 4.74 Å². The van der Waals surface area contributed by atoms with E-state index in [0.717, 1.165) is 11.3 Å². The number of alkyl halides is 3. The van der Waals surface area contributed by atoms with E-state index in [0.29, 0.717) is 32.0 Å². The van der Waals surface area contributed by atoms with E-state index in [2.05, 4.69) is 20.5 Å². The lowest BCUT2D eigenvalue weighted by atomic mass is 10.0. The lowest BCUT2D eigenvalue weighted by Crippen LogP contribution is -2.47. The summed E-state index contributed by atoms with van der Waals surface area (Å²) < 4.78 is 43.1. The van der Waals surface area contributed by atoms with E-state index in [9.17, 15) is 13.2 Å². The molecule has 9 heteroatoms. The lowest BCUT2D eigenvalue weighted by molar-refractivity contribution is -0.143. The molecule has 6 nitrogen and oxygen atoms in total. The second-order valence-corrected chi connectivity index (χ2v) is 7.15. The summed E-state index contributed by atoms with van der Waals surface area (Å²) in [6.07, 6.45) is -3.51. The monoisotopic (exact) mass is 401 g/mol. The molecule has 2 N–H and O–H groups in total. The minimum atomic E-state index is -4.16. The summed E-state index contributed by atoms with van der Waals surface area (Å²) in [6.45, 7) is 0.485. The van der Waals surface area contributed by atoms with Crippen molar-refractivity contribution in [3.63, 3.8) is 0 Å². The molecule has 0 amide bonds. The number of hydrogen-bond donors (Lipinski definition) is 2. The molecule has 1 saturated heterocycles. The zero-order valence-electron chi connectivity index (χ0n) is 16.9. The van der Waals surface area contributed by atoms with Crippen molar-refractivity contribution in [2.75, 3.05) is 54.4 Å². The number of benzene rings is 1. The van der Waals surface area contributed by atoms with Crippen LogP contribution < -0.4 is 15.4 Å². The SMILES string of the molecule is CN=C(NCC(c1ccccc1OC)N(C)C)NC1CCN(CC(F)(F)F)C1. The minimum absolute atomic E-state index is 0.0417. The number of methoxy groups -OCH3 is 1. The lowest BCUT2D eigenvalue weighted by Gasteiger charge is -2.28. The highest BCUT2D eigenvalue weighted by Gasteiger charge is 2.34. The second-order valence-electron chi connectivity index (χ2n) is 7.15. The number of likely N-dealkylation sites (tertiary alicyclic amines) is 1. The van der Waals surface area contributed by atoms with Gasteiger partial charge in [-0.3, -0.25) is 9.89 Å². The maximum Gasteiger partial charge on any atom is 0.401 e. The number of nitrogens with one attached hydrogen (secondary N) is 2. The summed E-state index contributed by atoms with van der Waals surface area (Å²) in [6, 6.07) is 7.82. The van der Waals surface area contributed by atoms with Crippen molar-refractivity contribution >= 4 is 5.96 Å². The van der Waals surface area contributed by atoms with Crippen LogP contribution in [0.25, 0.3) is 0 Å². The number of rotatable bonds is 7. The molecule has 0 aliphatic carbocycles. The number of ether oxygens (including phenoxy) is 1. The molecule has 0 spiro atoms. The fraction of sp³-hybridized carbons (Fsp3) is 0.632. The van der Waals surface area contributed by atoms with Crippen LogP contribution in [0.5, 0.6) is 5.75 Å². The number of hydrogen-bond acceptors (Lipinski definition) is 4. The van der Waals surface area contributed by atoms with Gasteiger partial charge < -0.3 is 20.3 Å². The summed E-state index contributed by atoms with van der Waals surface area (Å²) in [5, 5.41) is 6.53. The van der Waals surface area contributed by atoms with Crippen LogP contribution in [-0.4, -0.2) is 82.4 Å². The molecule has 0 radical (unpaired) electrons. The van der Waals surface area contributed by atoms with Gasteiger partial charge in [0.2, 0.25) is 0 Å². The average molecular weight is 401 g/mol. The first-order chi connectivity index (χ1) is 13.2. The van der Waals surface area contributed by atoms with Gasteiger partial charge in [-0.2, -0.15) is 13.2 Å². The Morgan fingerprint density at radius 1 is 1.36 bits per heavy atom. The van der Waals surface area contributed by atoms with Crippen LogP contribution in [0.4, 0.5) is 13.2 Å². The predicted molar refractivity (Wildman–Crippen MR) is 105 cm³/mol.